The van der Waals surface area contributed by atoms with Crippen LogP contribution in [0.15, 0.2) is 24.4 Å². The van der Waals surface area contributed by atoms with E-state index in [4.69, 9.17) is 11.6 Å². The van der Waals surface area contributed by atoms with E-state index >= 15 is 0 Å². The Morgan fingerprint density at radius 2 is 1.94 bits per heavy atom. The van der Waals surface area contributed by atoms with Gasteiger partial charge in [-0.2, -0.15) is 4.98 Å². The summed E-state index contributed by atoms with van der Waals surface area (Å²) in [5.74, 6) is 1.39. The van der Waals surface area contributed by atoms with Gasteiger partial charge in [-0.1, -0.05) is 18.5 Å². The highest BCUT2D eigenvalue weighted by Gasteiger charge is 2.18. The predicted molar refractivity (Wildman–Crippen MR) is 139 cm³/mol. The van der Waals surface area contributed by atoms with Crippen LogP contribution in [0.5, 0.6) is 0 Å². The quantitative estimate of drug-likeness (QED) is 0.520. The maximum absolute atomic E-state index is 12.0. The number of likely N-dealkylation sites (tertiary alicyclic amines) is 1. The molecule has 0 radical (unpaired) electrons. The van der Waals surface area contributed by atoms with E-state index in [2.05, 4.69) is 62.6 Å². The van der Waals surface area contributed by atoms with Crippen molar-refractivity contribution in [1.29, 1.82) is 0 Å². The van der Waals surface area contributed by atoms with Gasteiger partial charge in [-0.25, -0.2) is 4.98 Å². The third-order valence-corrected chi connectivity index (χ3v) is 6.92. The van der Waals surface area contributed by atoms with Crippen LogP contribution in [-0.4, -0.2) is 78.5 Å². The second kappa shape index (κ2) is 11.7. The Morgan fingerprint density at radius 1 is 1.12 bits per heavy atom. The fourth-order valence-corrected chi connectivity index (χ4v) is 4.66. The van der Waals surface area contributed by atoms with Gasteiger partial charge in [0.05, 0.1) is 6.20 Å². The second-order valence-corrected chi connectivity index (χ2v) is 9.53. The largest absolute Gasteiger partial charge is 0.369 e. The molecule has 0 atom stereocenters. The summed E-state index contributed by atoms with van der Waals surface area (Å²) in [5, 5.41) is 7.17. The average Bonchev–Trinajstić information content (AvgIpc) is 2.85. The van der Waals surface area contributed by atoms with Crippen LogP contribution in [0.2, 0.25) is 5.02 Å². The zero-order valence-corrected chi connectivity index (χ0v) is 21.1. The number of aryl methyl sites for hydroxylation is 1. The summed E-state index contributed by atoms with van der Waals surface area (Å²) < 4.78 is 0. The van der Waals surface area contributed by atoms with E-state index in [1.807, 2.05) is 4.90 Å². The van der Waals surface area contributed by atoms with Crippen LogP contribution in [0.25, 0.3) is 0 Å². The summed E-state index contributed by atoms with van der Waals surface area (Å²) in [7, 11) is 2.17. The molecule has 0 spiro atoms. The van der Waals surface area contributed by atoms with Crippen LogP contribution in [0.3, 0.4) is 0 Å². The number of piperidine rings is 1. The van der Waals surface area contributed by atoms with E-state index in [1.54, 1.807) is 6.20 Å². The van der Waals surface area contributed by atoms with Gasteiger partial charge < -0.3 is 25.3 Å². The number of hydrogen-bond donors (Lipinski definition) is 2. The van der Waals surface area contributed by atoms with E-state index in [-0.39, 0.29) is 5.91 Å². The monoisotopic (exact) mass is 485 g/mol. The molecule has 0 aliphatic carbocycles. The summed E-state index contributed by atoms with van der Waals surface area (Å²) in [6, 6.07) is 6.56. The number of carbonyl (C=O) groups excluding carboxylic acids is 1. The number of likely N-dealkylation sites (N-methyl/N-ethyl adjacent to an activating group) is 1. The van der Waals surface area contributed by atoms with Gasteiger partial charge >= 0.3 is 0 Å². The van der Waals surface area contributed by atoms with E-state index in [1.165, 1.54) is 11.3 Å². The Hall–Kier alpha value is -2.58. The van der Waals surface area contributed by atoms with Crippen molar-refractivity contribution < 1.29 is 4.79 Å². The first-order valence-corrected chi connectivity index (χ1v) is 12.8. The number of anilines is 4. The highest BCUT2D eigenvalue weighted by molar-refractivity contribution is 6.32. The summed E-state index contributed by atoms with van der Waals surface area (Å²) in [6.45, 7) is 8.76. The molecule has 8 nitrogen and oxygen atoms in total. The molecule has 1 aromatic heterocycles. The molecule has 2 N–H and O–H groups in total. The van der Waals surface area contributed by atoms with Crippen molar-refractivity contribution in [2.45, 2.75) is 39.0 Å². The van der Waals surface area contributed by atoms with Crippen molar-refractivity contribution in [3.05, 3.63) is 35.0 Å². The Morgan fingerprint density at radius 3 is 2.71 bits per heavy atom. The Labute approximate surface area is 207 Å². The molecule has 184 valence electrons. The van der Waals surface area contributed by atoms with E-state index in [0.29, 0.717) is 29.8 Å². The van der Waals surface area contributed by atoms with Gasteiger partial charge in [0.15, 0.2) is 0 Å². The highest BCUT2D eigenvalue weighted by Crippen LogP contribution is 2.28. The van der Waals surface area contributed by atoms with Crippen LogP contribution in [-0.2, 0) is 11.2 Å². The van der Waals surface area contributed by atoms with Crippen molar-refractivity contribution in [3.8, 4) is 0 Å². The maximum Gasteiger partial charge on any atom is 0.229 e. The molecule has 4 rings (SSSR count). The molecule has 2 aliphatic heterocycles. The van der Waals surface area contributed by atoms with Crippen molar-refractivity contribution in [3.63, 3.8) is 0 Å². The lowest BCUT2D eigenvalue weighted by Crippen LogP contribution is -2.44. The summed E-state index contributed by atoms with van der Waals surface area (Å²) in [5.41, 5.74) is 3.51. The number of carbonyl (C=O) groups is 1. The van der Waals surface area contributed by atoms with Crippen molar-refractivity contribution in [1.82, 2.24) is 19.8 Å². The first-order valence-electron chi connectivity index (χ1n) is 12.4. The van der Waals surface area contributed by atoms with Crippen LogP contribution >= 0.6 is 11.6 Å². The van der Waals surface area contributed by atoms with Crippen LogP contribution in [0, 0.1) is 0 Å². The van der Waals surface area contributed by atoms with Gasteiger partial charge in [-0.15, -0.1) is 0 Å². The predicted octanol–water partition coefficient (Wildman–Crippen LogP) is 4.00. The summed E-state index contributed by atoms with van der Waals surface area (Å²) in [4.78, 5) is 27.7. The standard InChI is InChI=1S/C25H36ClN7O/c1-3-19-17-20(32-15-13-31(2)14-16-32)8-9-22(19)29-25-28-18-21(26)24(30-25)27-10-6-12-33-11-5-4-7-23(33)34/h8-9,17-18H,3-7,10-16H2,1-2H3,(H2,27,28,29,30). The lowest BCUT2D eigenvalue weighted by Gasteiger charge is -2.34. The molecule has 2 aromatic rings. The Bertz CT molecular complexity index is 978. The van der Waals surface area contributed by atoms with Crippen LogP contribution < -0.4 is 15.5 Å². The van der Waals surface area contributed by atoms with Crippen molar-refractivity contribution >= 4 is 40.6 Å². The molecule has 1 amide bonds. The number of aromatic nitrogens is 2. The number of nitrogens with zero attached hydrogens (tertiary/aromatic N) is 5. The number of nitrogens with one attached hydrogen (secondary N) is 2. The molecule has 3 heterocycles. The van der Waals surface area contributed by atoms with Gasteiger partial charge in [0.25, 0.3) is 0 Å². The minimum Gasteiger partial charge on any atom is -0.369 e. The van der Waals surface area contributed by atoms with Gasteiger partial charge in [0, 0.05) is 63.6 Å². The third-order valence-electron chi connectivity index (χ3n) is 6.65. The summed E-state index contributed by atoms with van der Waals surface area (Å²) in [6.07, 6.45) is 6.18. The minimum atomic E-state index is 0.267. The first-order chi connectivity index (χ1) is 16.5. The number of benzene rings is 1. The maximum atomic E-state index is 12.0. The van der Waals surface area contributed by atoms with E-state index in [0.717, 1.165) is 70.6 Å². The lowest BCUT2D eigenvalue weighted by molar-refractivity contribution is -0.133. The van der Waals surface area contributed by atoms with Gasteiger partial charge in [-0.3, -0.25) is 4.79 Å². The molecule has 2 fully saturated rings. The molecule has 34 heavy (non-hydrogen) atoms. The van der Waals surface area contributed by atoms with E-state index in [9.17, 15) is 4.79 Å². The molecule has 0 unspecified atom stereocenters. The van der Waals surface area contributed by atoms with Crippen LogP contribution in [0.4, 0.5) is 23.1 Å². The first kappa shape index (κ1) is 24.5. The van der Waals surface area contributed by atoms with Crippen molar-refractivity contribution in [2.75, 3.05) is 68.4 Å². The molecule has 1 aromatic carbocycles. The number of hydrogen-bond acceptors (Lipinski definition) is 7. The second-order valence-electron chi connectivity index (χ2n) is 9.12. The zero-order valence-electron chi connectivity index (χ0n) is 20.3. The fourth-order valence-electron chi connectivity index (χ4n) is 4.50. The minimum absolute atomic E-state index is 0.267. The lowest BCUT2D eigenvalue weighted by atomic mass is 10.1. The fraction of sp³-hybridized carbons (Fsp3) is 0.560. The smallest absolute Gasteiger partial charge is 0.229 e. The Kier molecular flexibility index (Phi) is 8.45. The molecule has 0 saturated carbocycles. The summed E-state index contributed by atoms with van der Waals surface area (Å²) >= 11 is 6.34. The van der Waals surface area contributed by atoms with Crippen molar-refractivity contribution in [2.24, 2.45) is 0 Å². The molecule has 0 bridgehead atoms. The number of piperazine rings is 1. The van der Waals surface area contributed by atoms with Gasteiger partial charge in [0.1, 0.15) is 10.8 Å². The van der Waals surface area contributed by atoms with Crippen LogP contribution in [0.1, 0.15) is 38.2 Å². The number of halogens is 1. The molecule has 9 heteroatoms. The van der Waals surface area contributed by atoms with E-state index < -0.39 is 0 Å². The molecular weight excluding hydrogens is 450 g/mol. The normalized spacial score (nSPS) is 17.2. The average molecular weight is 486 g/mol. The van der Waals surface area contributed by atoms with Gasteiger partial charge in [0.2, 0.25) is 11.9 Å². The highest BCUT2D eigenvalue weighted by atomic mass is 35.5. The zero-order chi connectivity index (χ0) is 23.9. The SMILES string of the molecule is CCc1cc(N2CCN(C)CC2)ccc1Nc1ncc(Cl)c(NCCCN2CCCCC2=O)n1. The molecule has 2 aliphatic rings. The Balaban J connectivity index is 1.36. The number of amides is 1. The van der Waals surface area contributed by atoms with Gasteiger partial charge in [-0.05, 0) is 56.5 Å². The molecule has 2 saturated heterocycles. The number of rotatable bonds is 9. The molecular formula is C25H36ClN7O. The topological polar surface area (TPSA) is 76.6 Å². The third kappa shape index (κ3) is 6.30.